The fourth-order valence-electron chi connectivity index (χ4n) is 4.30. The Labute approximate surface area is 176 Å². The summed E-state index contributed by atoms with van der Waals surface area (Å²) in [5.74, 6) is 0.0504. The number of phenolic OH excluding ortho intramolecular Hbond substituents is 1. The van der Waals surface area contributed by atoms with E-state index >= 15 is 0 Å². The van der Waals surface area contributed by atoms with Crippen LogP contribution in [0.3, 0.4) is 0 Å². The van der Waals surface area contributed by atoms with E-state index in [9.17, 15) is 9.90 Å². The van der Waals surface area contributed by atoms with Crippen molar-refractivity contribution in [1.29, 1.82) is 0 Å². The second-order valence-corrected chi connectivity index (χ2v) is 8.34. The zero-order chi connectivity index (χ0) is 20.0. The minimum Gasteiger partial charge on any atom is -0.507 e. The summed E-state index contributed by atoms with van der Waals surface area (Å²) in [5, 5.41) is 17.7. The van der Waals surface area contributed by atoms with E-state index in [4.69, 9.17) is 4.74 Å². The van der Waals surface area contributed by atoms with E-state index in [1.54, 1.807) is 12.1 Å². The van der Waals surface area contributed by atoms with Crippen molar-refractivity contribution in [2.45, 2.75) is 25.0 Å². The highest BCUT2D eigenvalue weighted by molar-refractivity contribution is 9.10. The summed E-state index contributed by atoms with van der Waals surface area (Å²) in [4.78, 5) is 15.2. The summed E-state index contributed by atoms with van der Waals surface area (Å²) in [5.41, 5.74) is 3.48. The molecule has 2 aromatic carbocycles. The van der Waals surface area contributed by atoms with Gasteiger partial charge in [0.05, 0.1) is 12.1 Å². The quantitative estimate of drug-likeness (QED) is 0.618. The first-order chi connectivity index (χ1) is 14.1. The molecule has 1 fully saturated rings. The molecule has 148 valence electrons. The van der Waals surface area contributed by atoms with Crippen molar-refractivity contribution in [2.24, 2.45) is 0 Å². The number of para-hydroxylation sites is 1. The Kier molecular flexibility index (Phi) is 4.64. The SMILES string of the molecule is O=C1c2[nH]nc(-c3ccccc3O)c2[C@H](c2cccc(Br)c2)N1C[C@@H]1CCCO1. The maximum Gasteiger partial charge on any atom is 0.273 e. The van der Waals surface area contributed by atoms with E-state index in [-0.39, 0.29) is 23.8 Å². The van der Waals surface area contributed by atoms with Crippen molar-refractivity contribution in [3.8, 4) is 17.0 Å². The van der Waals surface area contributed by atoms with Crippen LogP contribution in [0.25, 0.3) is 11.3 Å². The lowest BCUT2D eigenvalue weighted by atomic mass is 9.95. The molecule has 1 saturated heterocycles. The normalized spacial score (nSPS) is 21.0. The van der Waals surface area contributed by atoms with Crippen LogP contribution in [0.1, 0.15) is 40.5 Å². The molecule has 0 unspecified atom stereocenters. The third-order valence-corrected chi connectivity index (χ3v) is 6.10. The molecule has 2 N–H and O–H groups in total. The second-order valence-electron chi connectivity index (χ2n) is 7.43. The van der Waals surface area contributed by atoms with Crippen LogP contribution in [0.4, 0.5) is 0 Å². The molecule has 2 atom stereocenters. The number of aromatic nitrogens is 2. The molecule has 3 heterocycles. The number of hydrogen-bond donors (Lipinski definition) is 2. The van der Waals surface area contributed by atoms with Gasteiger partial charge >= 0.3 is 0 Å². The minimum atomic E-state index is -0.299. The second kappa shape index (κ2) is 7.31. The van der Waals surface area contributed by atoms with Crippen molar-refractivity contribution in [3.05, 3.63) is 69.8 Å². The molecule has 2 aliphatic heterocycles. The Hall–Kier alpha value is -2.64. The number of H-pyrrole nitrogens is 1. The Morgan fingerprint density at radius 2 is 2.10 bits per heavy atom. The predicted octanol–water partition coefficient (Wildman–Crippen LogP) is 4.27. The Bertz CT molecular complexity index is 1070. The van der Waals surface area contributed by atoms with Crippen LogP contribution in [0, 0.1) is 0 Å². The number of aromatic hydroxyl groups is 1. The van der Waals surface area contributed by atoms with Gasteiger partial charge in [-0.2, -0.15) is 5.10 Å². The van der Waals surface area contributed by atoms with Crippen LogP contribution in [-0.4, -0.2) is 45.4 Å². The van der Waals surface area contributed by atoms with Gasteiger partial charge in [-0.15, -0.1) is 0 Å². The number of fused-ring (bicyclic) bond motifs is 1. The van der Waals surface area contributed by atoms with Crippen LogP contribution >= 0.6 is 15.9 Å². The Morgan fingerprint density at radius 1 is 1.24 bits per heavy atom. The lowest BCUT2D eigenvalue weighted by Gasteiger charge is -2.28. The van der Waals surface area contributed by atoms with Crippen LogP contribution < -0.4 is 0 Å². The largest absolute Gasteiger partial charge is 0.507 e. The van der Waals surface area contributed by atoms with Gasteiger partial charge in [-0.25, -0.2) is 0 Å². The van der Waals surface area contributed by atoms with Gasteiger partial charge in [0.2, 0.25) is 0 Å². The van der Waals surface area contributed by atoms with Crippen molar-refractivity contribution in [3.63, 3.8) is 0 Å². The molecule has 0 saturated carbocycles. The first-order valence-corrected chi connectivity index (χ1v) is 10.5. The molecule has 0 aliphatic carbocycles. The van der Waals surface area contributed by atoms with Crippen LogP contribution in [0.2, 0.25) is 0 Å². The van der Waals surface area contributed by atoms with Crippen LogP contribution in [0.15, 0.2) is 53.0 Å². The third kappa shape index (κ3) is 3.14. The number of phenols is 1. The smallest absolute Gasteiger partial charge is 0.273 e. The lowest BCUT2D eigenvalue weighted by Crippen LogP contribution is -2.36. The highest BCUT2D eigenvalue weighted by Crippen LogP contribution is 2.45. The van der Waals surface area contributed by atoms with Gasteiger partial charge in [0.15, 0.2) is 0 Å². The number of ether oxygens (including phenoxy) is 1. The number of nitrogens with one attached hydrogen (secondary N) is 1. The first-order valence-electron chi connectivity index (χ1n) is 9.68. The summed E-state index contributed by atoms with van der Waals surface area (Å²) in [6, 6.07) is 14.7. The number of carbonyl (C=O) groups excluding carboxylic acids is 1. The molecule has 2 aliphatic rings. The number of halogens is 1. The number of aromatic amines is 1. The highest BCUT2D eigenvalue weighted by Gasteiger charge is 2.43. The zero-order valence-corrected chi connectivity index (χ0v) is 17.2. The van der Waals surface area contributed by atoms with Gasteiger partial charge in [-0.3, -0.25) is 9.89 Å². The molecule has 5 rings (SSSR count). The molecule has 0 radical (unpaired) electrons. The number of rotatable bonds is 4. The van der Waals surface area contributed by atoms with E-state index in [1.165, 1.54) is 0 Å². The summed E-state index contributed by atoms with van der Waals surface area (Å²) in [7, 11) is 0. The molecular formula is C22H20BrN3O3. The fraction of sp³-hybridized carbons (Fsp3) is 0.273. The molecular weight excluding hydrogens is 434 g/mol. The average molecular weight is 454 g/mol. The van der Waals surface area contributed by atoms with Crippen molar-refractivity contribution in [1.82, 2.24) is 15.1 Å². The van der Waals surface area contributed by atoms with Gasteiger partial charge in [-0.05, 0) is 42.7 Å². The maximum atomic E-state index is 13.3. The Morgan fingerprint density at radius 3 is 2.86 bits per heavy atom. The zero-order valence-electron chi connectivity index (χ0n) is 15.6. The topological polar surface area (TPSA) is 78.5 Å². The van der Waals surface area contributed by atoms with Crippen molar-refractivity contribution in [2.75, 3.05) is 13.2 Å². The lowest BCUT2D eigenvalue weighted by molar-refractivity contribution is 0.0495. The number of benzene rings is 2. The van der Waals surface area contributed by atoms with E-state index in [1.807, 2.05) is 41.3 Å². The molecule has 6 nitrogen and oxygen atoms in total. The summed E-state index contributed by atoms with van der Waals surface area (Å²) < 4.78 is 6.76. The fourth-order valence-corrected chi connectivity index (χ4v) is 4.71. The molecule has 3 aromatic rings. The molecule has 1 aromatic heterocycles. The van der Waals surface area contributed by atoms with Crippen molar-refractivity contribution >= 4 is 21.8 Å². The average Bonchev–Trinajstić information content (AvgIpc) is 3.42. The summed E-state index contributed by atoms with van der Waals surface area (Å²) in [6.45, 7) is 1.27. The number of nitrogens with zero attached hydrogens (tertiary/aromatic N) is 2. The predicted molar refractivity (Wildman–Crippen MR) is 112 cm³/mol. The van der Waals surface area contributed by atoms with Gasteiger partial charge in [-0.1, -0.05) is 40.2 Å². The number of hydrogen-bond acceptors (Lipinski definition) is 4. The number of carbonyl (C=O) groups is 1. The maximum absolute atomic E-state index is 13.3. The Balaban J connectivity index is 1.65. The minimum absolute atomic E-state index is 0.0409. The van der Waals surface area contributed by atoms with Gasteiger partial charge < -0.3 is 14.7 Å². The van der Waals surface area contributed by atoms with E-state index in [0.717, 1.165) is 35.0 Å². The van der Waals surface area contributed by atoms with Gasteiger partial charge in [0.1, 0.15) is 17.1 Å². The van der Waals surface area contributed by atoms with Crippen LogP contribution in [-0.2, 0) is 4.74 Å². The van der Waals surface area contributed by atoms with E-state index < -0.39 is 0 Å². The van der Waals surface area contributed by atoms with Crippen molar-refractivity contribution < 1.29 is 14.6 Å². The summed E-state index contributed by atoms with van der Waals surface area (Å²) >= 11 is 3.55. The standard InChI is InChI=1S/C22H20BrN3O3/c23-14-6-3-5-13(11-14)21-18-19(16-8-1-2-9-17(16)27)24-25-20(18)22(28)26(21)12-15-7-4-10-29-15/h1-3,5-6,8-9,11,15,21,27H,4,7,10,12H2,(H,24,25)/t15-,21-/m0/s1. The summed E-state index contributed by atoms with van der Waals surface area (Å²) in [6.07, 6.45) is 2.01. The third-order valence-electron chi connectivity index (χ3n) is 5.61. The molecule has 1 amide bonds. The van der Waals surface area contributed by atoms with E-state index in [0.29, 0.717) is 23.5 Å². The van der Waals surface area contributed by atoms with Gasteiger partial charge in [0.25, 0.3) is 5.91 Å². The van der Waals surface area contributed by atoms with Crippen LogP contribution in [0.5, 0.6) is 5.75 Å². The highest BCUT2D eigenvalue weighted by atomic mass is 79.9. The van der Waals surface area contributed by atoms with Gasteiger partial charge in [0, 0.05) is 28.8 Å². The van der Waals surface area contributed by atoms with E-state index in [2.05, 4.69) is 26.1 Å². The first kappa shape index (κ1) is 18.4. The molecule has 29 heavy (non-hydrogen) atoms. The monoisotopic (exact) mass is 453 g/mol. The molecule has 0 spiro atoms. The number of amides is 1. The molecule has 7 heteroatoms. The molecule has 0 bridgehead atoms.